The van der Waals surface area contributed by atoms with Crippen LogP contribution in [0, 0.1) is 0 Å². The highest BCUT2D eigenvalue weighted by Crippen LogP contribution is 2.16. The van der Waals surface area contributed by atoms with E-state index in [1.165, 1.54) is 167 Å². The van der Waals surface area contributed by atoms with Gasteiger partial charge in [0, 0.05) is 0 Å². The van der Waals surface area contributed by atoms with Gasteiger partial charge < -0.3 is 15.5 Å². The molecule has 3 atom stereocenters. The molecule has 7 nitrogen and oxygen atoms in total. The number of carbonyl (C=O) groups is 1. The van der Waals surface area contributed by atoms with Gasteiger partial charge in [0.1, 0.15) is 6.10 Å². The molecule has 0 bridgehead atoms. The van der Waals surface area contributed by atoms with Crippen LogP contribution in [0.2, 0.25) is 0 Å². The van der Waals surface area contributed by atoms with Crippen molar-refractivity contribution in [1.29, 1.82) is 0 Å². The van der Waals surface area contributed by atoms with Crippen molar-refractivity contribution >= 4 is 16.0 Å². The van der Waals surface area contributed by atoms with Crippen LogP contribution >= 0.6 is 0 Å². The van der Waals surface area contributed by atoms with Crippen LogP contribution in [0.4, 0.5) is 0 Å². The summed E-state index contributed by atoms with van der Waals surface area (Å²) in [6, 6.07) is -1.25. The molecule has 0 aliphatic heterocycles. The van der Waals surface area contributed by atoms with Crippen LogP contribution in [-0.4, -0.2) is 53.1 Å². The van der Waals surface area contributed by atoms with Crippen molar-refractivity contribution in [3.8, 4) is 0 Å². The topological polar surface area (TPSA) is 124 Å². The summed E-state index contributed by atoms with van der Waals surface area (Å²) in [5.41, 5.74) is 0. The Bertz CT molecular complexity index is 937. The maximum absolute atomic E-state index is 12.6. The molecule has 0 aliphatic rings. The van der Waals surface area contributed by atoms with Crippen molar-refractivity contribution < 1.29 is 28.0 Å². The van der Waals surface area contributed by atoms with Crippen molar-refractivity contribution in [2.75, 3.05) is 5.75 Å². The summed E-state index contributed by atoms with van der Waals surface area (Å²) in [5, 5.41) is 23.4. The smallest absolute Gasteiger partial charge is 0.267 e. The molecule has 0 saturated heterocycles. The zero-order chi connectivity index (χ0) is 38.4. The van der Waals surface area contributed by atoms with Crippen LogP contribution in [-0.2, 0) is 14.9 Å². The number of hydrogen-bond acceptors (Lipinski definition) is 5. The molecule has 0 aromatic rings. The largest absolute Gasteiger partial charge is 0.387 e. The van der Waals surface area contributed by atoms with E-state index in [0.29, 0.717) is 12.8 Å². The van der Waals surface area contributed by atoms with Crippen molar-refractivity contribution in [1.82, 2.24) is 5.32 Å². The molecule has 0 aromatic carbocycles. The molecule has 0 aromatic heterocycles. The van der Waals surface area contributed by atoms with Crippen molar-refractivity contribution in [2.45, 2.75) is 244 Å². The molecule has 3 unspecified atom stereocenters. The summed E-state index contributed by atoms with van der Waals surface area (Å²) < 4.78 is 32.6. The maximum atomic E-state index is 12.6. The molecule has 0 radical (unpaired) electrons. The number of aliphatic hydroxyl groups is 2. The third-order valence-corrected chi connectivity index (χ3v) is 11.0. The van der Waals surface area contributed by atoms with Crippen LogP contribution in [0.5, 0.6) is 0 Å². The van der Waals surface area contributed by atoms with Gasteiger partial charge in [-0.05, 0) is 32.1 Å². The van der Waals surface area contributed by atoms with E-state index < -0.39 is 40.0 Å². The first-order chi connectivity index (χ1) is 25.2. The highest BCUT2D eigenvalue weighted by atomic mass is 32.2. The van der Waals surface area contributed by atoms with E-state index >= 15 is 0 Å². The minimum absolute atomic E-state index is 0.278. The first-order valence-electron chi connectivity index (χ1n) is 22.1. The maximum Gasteiger partial charge on any atom is 0.267 e. The average Bonchev–Trinajstić information content (AvgIpc) is 3.11. The Labute approximate surface area is 322 Å². The van der Waals surface area contributed by atoms with E-state index in [0.717, 1.165) is 32.1 Å². The van der Waals surface area contributed by atoms with Gasteiger partial charge in [-0.3, -0.25) is 9.35 Å². The fraction of sp³-hybridized carbons (Fsp3) is 0.886. The van der Waals surface area contributed by atoms with Crippen molar-refractivity contribution in [3.05, 3.63) is 24.3 Å². The summed E-state index contributed by atoms with van der Waals surface area (Å²) >= 11 is 0. The minimum atomic E-state index is -4.45. The van der Waals surface area contributed by atoms with Gasteiger partial charge in [-0.2, -0.15) is 8.42 Å². The third kappa shape index (κ3) is 37.1. The lowest BCUT2D eigenvalue weighted by Crippen LogP contribution is -2.50. The van der Waals surface area contributed by atoms with Gasteiger partial charge in [-0.1, -0.05) is 218 Å². The number of amides is 1. The Kier molecular flexibility index (Phi) is 37.2. The molecule has 0 heterocycles. The fourth-order valence-electron chi connectivity index (χ4n) is 6.83. The van der Waals surface area contributed by atoms with E-state index in [-0.39, 0.29) is 6.42 Å². The standard InChI is InChI=1S/C44H85NO6S/c1-3-5-7-9-11-13-15-17-19-20-21-22-23-25-26-28-30-32-34-36-38-42(46)41(40-52(49,50)51)45-44(48)43(47)39-37-35-33-31-29-27-24-18-16-14-12-10-8-6-4-2/h28,30,36,38,41-43,46-47H,3-27,29,31-35,37,39-40H2,1-2H3,(H,45,48)(H,49,50,51)/b30-28+,38-36+. The van der Waals surface area contributed by atoms with Crippen LogP contribution < -0.4 is 5.32 Å². The Morgan fingerprint density at radius 3 is 1.27 bits per heavy atom. The van der Waals surface area contributed by atoms with Crippen LogP contribution in [0.15, 0.2) is 24.3 Å². The van der Waals surface area contributed by atoms with Gasteiger partial charge in [-0.15, -0.1) is 0 Å². The number of carbonyl (C=O) groups excluding carboxylic acids is 1. The molecule has 0 spiro atoms. The predicted octanol–water partition coefficient (Wildman–Crippen LogP) is 12.1. The molecular formula is C44H85NO6S. The number of rotatable bonds is 40. The zero-order valence-corrected chi connectivity index (χ0v) is 34.9. The molecule has 0 fully saturated rings. The summed E-state index contributed by atoms with van der Waals surface area (Å²) in [7, 11) is -4.45. The predicted molar refractivity (Wildman–Crippen MR) is 222 cm³/mol. The molecule has 4 N–H and O–H groups in total. The summed E-state index contributed by atoms with van der Waals surface area (Å²) in [6.07, 6.45) is 45.2. The summed E-state index contributed by atoms with van der Waals surface area (Å²) in [6.45, 7) is 4.52. The molecular weight excluding hydrogens is 671 g/mol. The Morgan fingerprint density at radius 1 is 0.519 bits per heavy atom. The number of allylic oxidation sites excluding steroid dienone is 3. The summed E-state index contributed by atoms with van der Waals surface area (Å²) in [4.78, 5) is 12.6. The van der Waals surface area contributed by atoms with Gasteiger partial charge in [0.2, 0.25) is 5.91 Å². The van der Waals surface area contributed by atoms with E-state index in [2.05, 4.69) is 31.3 Å². The first kappa shape index (κ1) is 50.8. The SMILES string of the molecule is CCCCCCCCCCCCCCCC/C=C/CC/C=C/C(O)C(CS(=O)(=O)O)NC(=O)C(O)CCCCCCCCCCCCCCCCC. The van der Waals surface area contributed by atoms with E-state index in [9.17, 15) is 28.0 Å². The van der Waals surface area contributed by atoms with Gasteiger partial charge in [0.15, 0.2) is 0 Å². The Hall–Kier alpha value is -1.22. The number of nitrogens with one attached hydrogen (secondary N) is 1. The zero-order valence-electron chi connectivity index (χ0n) is 34.1. The lowest BCUT2D eigenvalue weighted by molar-refractivity contribution is -0.130. The molecule has 52 heavy (non-hydrogen) atoms. The number of unbranched alkanes of at least 4 members (excludes halogenated alkanes) is 29. The first-order valence-corrected chi connectivity index (χ1v) is 23.8. The highest BCUT2D eigenvalue weighted by molar-refractivity contribution is 7.85. The van der Waals surface area contributed by atoms with E-state index in [4.69, 9.17) is 0 Å². The number of hydrogen-bond donors (Lipinski definition) is 4. The number of aliphatic hydroxyl groups excluding tert-OH is 2. The average molecular weight is 756 g/mol. The summed E-state index contributed by atoms with van der Waals surface area (Å²) in [5.74, 6) is -1.55. The van der Waals surface area contributed by atoms with Crippen LogP contribution in [0.25, 0.3) is 0 Å². The molecule has 0 rings (SSSR count). The molecule has 8 heteroatoms. The van der Waals surface area contributed by atoms with Crippen molar-refractivity contribution in [2.24, 2.45) is 0 Å². The van der Waals surface area contributed by atoms with Gasteiger partial charge in [-0.25, -0.2) is 0 Å². The lowest BCUT2D eigenvalue weighted by atomic mass is 10.0. The molecule has 0 aliphatic carbocycles. The molecule has 308 valence electrons. The Morgan fingerprint density at radius 2 is 0.865 bits per heavy atom. The van der Waals surface area contributed by atoms with Crippen LogP contribution in [0.1, 0.15) is 226 Å². The lowest BCUT2D eigenvalue weighted by Gasteiger charge is -2.22. The van der Waals surface area contributed by atoms with Gasteiger partial charge >= 0.3 is 0 Å². The highest BCUT2D eigenvalue weighted by Gasteiger charge is 2.27. The normalized spacial score (nSPS) is 14.0. The van der Waals surface area contributed by atoms with Gasteiger partial charge in [0.05, 0.1) is 17.9 Å². The second-order valence-electron chi connectivity index (χ2n) is 15.5. The van der Waals surface area contributed by atoms with Gasteiger partial charge in [0.25, 0.3) is 10.1 Å². The van der Waals surface area contributed by atoms with E-state index in [1.807, 2.05) is 0 Å². The second-order valence-corrected chi connectivity index (χ2v) is 17.0. The third-order valence-electron chi connectivity index (χ3n) is 10.2. The monoisotopic (exact) mass is 756 g/mol. The molecule has 0 saturated carbocycles. The Balaban J connectivity index is 4.02. The van der Waals surface area contributed by atoms with Crippen molar-refractivity contribution in [3.63, 3.8) is 0 Å². The minimum Gasteiger partial charge on any atom is -0.387 e. The molecule has 1 amide bonds. The quantitative estimate of drug-likeness (QED) is 0.0280. The second kappa shape index (κ2) is 38.1. The van der Waals surface area contributed by atoms with E-state index in [1.54, 1.807) is 6.08 Å². The van der Waals surface area contributed by atoms with Crippen LogP contribution in [0.3, 0.4) is 0 Å². The fourth-order valence-corrected chi connectivity index (χ4v) is 7.56.